The van der Waals surface area contributed by atoms with Crippen molar-refractivity contribution < 1.29 is 4.79 Å². The van der Waals surface area contributed by atoms with Crippen LogP contribution in [0.5, 0.6) is 0 Å². The molecule has 5 heteroatoms. The van der Waals surface area contributed by atoms with Crippen molar-refractivity contribution in [2.45, 2.75) is 32.2 Å². The van der Waals surface area contributed by atoms with Crippen molar-refractivity contribution in [2.75, 3.05) is 6.54 Å². The van der Waals surface area contributed by atoms with Crippen LogP contribution in [0.1, 0.15) is 46.1 Å². The van der Waals surface area contributed by atoms with Gasteiger partial charge in [0.25, 0.3) is 5.91 Å². The lowest BCUT2D eigenvalue weighted by Crippen LogP contribution is -2.41. The molecule has 0 saturated heterocycles. The molecule has 1 aromatic heterocycles. The summed E-state index contributed by atoms with van der Waals surface area (Å²) in [5.41, 5.74) is 3.98. The van der Waals surface area contributed by atoms with E-state index in [1.54, 1.807) is 6.07 Å². The highest BCUT2D eigenvalue weighted by Gasteiger charge is 2.41. The first-order chi connectivity index (χ1) is 11.5. The first-order valence-corrected chi connectivity index (χ1v) is 9.43. The second-order valence-corrected chi connectivity index (χ2v) is 7.99. The first kappa shape index (κ1) is 16.1. The number of fused-ring (bicyclic) bond motifs is 1. The summed E-state index contributed by atoms with van der Waals surface area (Å²) in [5, 5.41) is 0.590. The van der Waals surface area contributed by atoms with Gasteiger partial charge in [0.15, 0.2) is 0 Å². The van der Waals surface area contributed by atoms with Gasteiger partial charge in [-0.1, -0.05) is 27.5 Å². The van der Waals surface area contributed by atoms with Gasteiger partial charge in [-0.2, -0.15) is 0 Å². The fourth-order valence-electron chi connectivity index (χ4n) is 3.59. The van der Waals surface area contributed by atoms with Gasteiger partial charge in [0.05, 0.1) is 11.7 Å². The van der Waals surface area contributed by atoms with E-state index in [9.17, 15) is 4.79 Å². The fraction of sp³-hybridized carbons (Fsp3) is 0.368. The molecule has 1 amide bonds. The Kier molecular flexibility index (Phi) is 4.13. The molecule has 4 rings (SSSR count). The number of carbonyl (C=O) groups excluding carboxylic acids is 1. The van der Waals surface area contributed by atoms with Gasteiger partial charge in [-0.3, -0.25) is 9.78 Å². The quantitative estimate of drug-likeness (QED) is 0.723. The lowest BCUT2D eigenvalue weighted by Gasteiger charge is -2.36. The van der Waals surface area contributed by atoms with Crippen molar-refractivity contribution in [3.8, 4) is 0 Å². The number of benzene rings is 1. The van der Waals surface area contributed by atoms with Gasteiger partial charge < -0.3 is 4.90 Å². The molecular formula is C19H18BrClN2O. The number of nitrogens with zero attached hydrogens (tertiary/aromatic N) is 2. The van der Waals surface area contributed by atoms with E-state index >= 15 is 0 Å². The van der Waals surface area contributed by atoms with Gasteiger partial charge >= 0.3 is 0 Å². The van der Waals surface area contributed by atoms with E-state index < -0.39 is 0 Å². The van der Waals surface area contributed by atoms with Crippen molar-refractivity contribution in [1.82, 2.24) is 9.88 Å². The van der Waals surface area contributed by atoms with E-state index in [0.29, 0.717) is 10.9 Å². The predicted molar refractivity (Wildman–Crippen MR) is 98.3 cm³/mol. The average molecular weight is 406 g/mol. The number of hydrogen-bond donors (Lipinski definition) is 0. The van der Waals surface area contributed by atoms with Gasteiger partial charge in [-0.15, -0.1) is 0 Å². The number of pyridine rings is 1. The molecule has 0 bridgehead atoms. The van der Waals surface area contributed by atoms with Gasteiger partial charge in [0.2, 0.25) is 0 Å². The van der Waals surface area contributed by atoms with Crippen molar-refractivity contribution in [1.29, 1.82) is 0 Å². The third-order valence-corrected chi connectivity index (χ3v) is 5.82. The molecule has 0 unspecified atom stereocenters. The summed E-state index contributed by atoms with van der Waals surface area (Å²) in [6, 6.07) is 7.84. The SMILES string of the molecule is Cc1ccnc([C@H](C2CC2)N2CCc3c(Br)cc(Cl)cc3C2=O)c1. The molecule has 0 N–H and O–H groups in total. The zero-order chi connectivity index (χ0) is 16.8. The number of amides is 1. The molecule has 2 aromatic rings. The molecule has 1 fully saturated rings. The van der Waals surface area contributed by atoms with E-state index in [-0.39, 0.29) is 11.9 Å². The van der Waals surface area contributed by atoms with Crippen molar-refractivity contribution >= 4 is 33.4 Å². The van der Waals surface area contributed by atoms with Crippen molar-refractivity contribution in [3.63, 3.8) is 0 Å². The van der Waals surface area contributed by atoms with E-state index in [0.717, 1.165) is 47.1 Å². The molecule has 2 heterocycles. The largest absolute Gasteiger partial charge is 0.329 e. The number of rotatable bonds is 3. The molecule has 124 valence electrons. The standard InChI is InChI=1S/C19H18BrClN2O/c1-11-4-6-22-17(8-11)18(12-2-3-12)23-7-5-14-15(19(23)24)9-13(21)10-16(14)20/h4,6,8-10,12,18H,2-3,5,7H2,1H3/t18-/m0/s1. The maximum Gasteiger partial charge on any atom is 0.254 e. The summed E-state index contributed by atoms with van der Waals surface area (Å²) in [6.07, 6.45) is 5.01. The zero-order valence-corrected chi connectivity index (χ0v) is 15.8. The molecule has 1 saturated carbocycles. The number of carbonyl (C=O) groups is 1. The van der Waals surface area contributed by atoms with Crippen LogP contribution in [-0.2, 0) is 6.42 Å². The molecule has 1 atom stereocenters. The Balaban J connectivity index is 1.74. The smallest absolute Gasteiger partial charge is 0.254 e. The minimum Gasteiger partial charge on any atom is -0.329 e. The second kappa shape index (κ2) is 6.16. The summed E-state index contributed by atoms with van der Waals surface area (Å²) >= 11 is 9.72. The lowest BCUT2D eigenvalue weighted by atomic mass is 9.95. The van der Waals surface area contributed by atoms with Crippen LogP contribution in [0.25, 0.3) is 0 Å². The maximum absolute atomic E-state index is 13.2. The molecule has 1 aliphatic heterocycles. The molecule has 2 aliphatic rings. The normalized spacial score (nSPS) is 18.5. The molecule has 0 radical (unpaired) electrons. The highest BCUT2D eigenvalue weighted by molar-refractivity contribution is 9.10. The van der Waals surface area contributed by atoms with E-state index in [4.69, 9.17) is 11.6 Å². The Labute approximate surface area is 155 Å². The topological polar surface area (TPSA) is 33.2 Å². The third-order valence-electron chi connectivity index (χ3n) is 4.90. The Morgan fingerprint density at radius 3 is 2.83 bits per heavy atom. The summed E-state index contributed by atoms with van der Waals surface area (Å²) in [4.78, 5) is 19.7. The average Bonchev–Trinajstić information content (AvgIpc) is 3.35. The van der Waals surface area contributed by atoms with E-state index in [1.807, 2.05) is 23.2 Å². The van der Waals surface area contributed by atoms with Gasteiger partial charge in [0, 0.05) is 27.8 Å². The monoisotopic (exact) mass is 404 g/mol. The number of aryl methyl sites for hydroxylation is 1. The minimum absolute atomic E-state index is 0.0691. The van der Waals surface area contributed by atoms with Crippen LogP contribution in [0, 0.1) is 12.8 Å². The Morgan fingerprint density at radius 2 is 2.12 bits per heavy atom. The third kappa shape index (κ3) is 2.86. The van der Waals surface area contributed by atoms with Crippen LogP contribution in [0.2, 0.25) is 5.02 Å². The van der Waals surface area contributed by atoms with Crippen LogP contribution in [-0.4, -0.2) is 22.3 Å². The Morgan fingerprint density at radius 1 is 1.33 bits per heavy atom. The zero-order valence-electron chi connectivity index (χ0n) is 13.4. The molecule has 24 heavy (non-hydrogen) atoms. The Bertz CT molecular complexity index is 819. The number of halogens is 2. The van der Waals surface area contributed by atoms with Gasteiger partial charge in [-0.05, 0) is 67.5 Å². The first-order valence-electron chi connectivity index (χ1n) is 8.26. The minimum atomic E-state index is 0.0691. The van der Waals surface area contributed by atoms with Crippen LogP contribution in [0.15, 0.2) is 34.9 Å². The van der Waals surface area contributed by atoms with Crippen LogP contribution < -0.4 is 0 Å². The van der Waals surface area contributed by atoms with Crippen molar-refractivity contribution in [2.24, 2.45) is 5.92 Å². The molecule has 0 spiro atoms. The second-order valence-electron chi connectivity index (χ2n) is 6.70. The lowest BCUT2D eigenvalue weighted by molar-refractivity contribution is 0.0627. The van der Waals surface area contributed by atoms with Crippen molar-refractivity contribution in [3.05, 3.63) is 62.3 Å². The highest BCUT2D eigenvalue weighted by Crippen LogP contribution is 2.46. The number of hydrogen-bond acceptors (Lipinski definition) is 2. The fourth-order valence-corrected chi connectivity index (χ4v) is 4.60. The van der Waals surface area contributed by atoms with Gasteiger partial charge in [-0.25, -0.2) is 0 Å². The van der Waals surface area contributed by atoms with Crippen LogP contribution in [0.4, 0.5) is 0 Å². The van der Waals surface area contributed by atoms with E-state index in [1.165, 1.54) is 5.56 Å². The summed E-state index contributed by atoms with van der Waals surface area (Å²) in [7, 11) is 0. The maximum atomic E-state index is 13.2. The van der Waals surface area contributed by atoms with Gasteiger partial charge in [0.1, 0.15) is 0 Å². The summed E-state index contributed by atoms with van der Waals surface area (Å²) in [5.74, 6) is 0.590. The molecule has 1 aliphatic carbocycles. The summed E-state index contributed by atoms with van der Waals surface area (Å²) < 4.78 is 0.926. The molecular weight excluding hydrogens is 388 g/mol. The molecule has 1 aromatic carbocycles. The predicted octanol–water partition coefficient (Wildman–Crippen LogP) is 4.96. The van der Waals surface area contributed by atoms with Crippen LogP contribution in [0.3, 0.4) is 0 Å². The highest BCUT2D eigenvalue weighted by atomic mass is 79.9. The summed E-state index contributed by atoms with van der Waals surface area (Å²) in [6.45, 7) is 2.79. The number of aromatic nitrogens is 1. The Hall–Kier alpha value is -1.39. The van der Waals surface area contributed by atoms with E-state index in [2.05, 4.69) is 33.9 Å². The van der Waals surface area contributed by atoms with Crippen LogP contribution >= 0.6 is 27.5 Å². The molecule has 3 nitrogen and oxygen atoms in total.